The van der Waals surface area contributed by atoms with Crippen LogP contribution in [0, 0.1) is 0 Å². The molecular weight excluding hydrogens is 333 g/mol. The second-order valence-electron chi connectivity index (χ2n) is 5.06. The van der Waals surface area contributed by atoms with Gasteiger partial charge >= 0.3 is 0 Å². The van der Waals surface area contributed by atoms with Gasteiger partial charge in [-0.25, -0.2) is 0 Å². The fourth-order valence-corrected chi connectivity index (χ4v) is 2.34. The van der Waals surface area contributed by atoms with Gasteiger partial charge in [-0.05, 0) is 36.2 Å². The molecular formula is C18H23Cl2NO2. The Hall–Kier alpha value is -1.26. The molecule has 0 saturated carbocycles. The molecule has 5 heteroatoms. The molecule has 126 valence electrons. The highest BCUT2D eigenvalue weighted by Crippen LogP contribution is 2.26. The van der Waals surface area contributed by atoms with Crippen LogP contribution in [0.4, 0.5) is 0 Å². The van der Waals surface area contributed by atoms with Crippen molar-refractivity contribution in [2.24, 2.45) is 0 Å². The number of methoxy groups -OCH3 is 1. The number of rotatable bonds is 9. The van der Waals surface area contributed by atoms with E-state index in [0.29, 0.717) is 17.4 Å². The molecule has 0 fully saturated rings. The third-order valence-corrected chi connectivity index (χ3v) is 3.56. The molecule has 0 amide bonds. The second-order valence-corrected chi connectivity index (χ2v) is 5.47. The predicted octanol–water partition coefficient (Wildman–Crippen LogP) is 4.47. The summed E-state index contributed by atoms with van der Waals surface area (Å²) in [5.74, 6) is 0.716. The zero-order valence-corrected chi connectivity index (χ0v) is 14.8. The van der Waals surface area contributed by atoms with Crippen LogP contribution in [0.15, 0.2) is 48.5 Å². The normalized spacial score (nSPS) is 10.2. The van der Waals surface area contributed by atoms with E-state index in [4.69, 9.17) is 21.1 Å². The van der Waals surface area contributed by atoms with Crippen LogP contribution in [0.2, 0.25) is 5.02 Å². The lowest BCUT2D eigenvalue weighted by atomic mass is 10.2. The summed E-state index contributed by atoms with van der Waals surface area (Å²) in [7, 11) is 1.72. The van der Waals surface area contributed by atoms with E-state index in [1.54, 1.807) is 7.11 Å². The molecule has 0 aliphatic rings. The maximum atomic E-state index is 6.29. The number of benzene rings is 2. The quantitative estimate of drug-likeness (QED) is 0.673. The minimum absolute atomic E-state index is 0. The lowest BCUT2D eigenvalue weighted by molar-refractivity contribution is 0.194. The molecule has 0 atom stereocenters. The Morgan fingerprint density at radius 1 is 1.04 bits per heavy atom. The predicted molar refractivity (Wildman–Crippen MR) is 97.7 cm³/mol. The van der Waals surface area contributed by atoms with E-state index in [0.717, 1.165) is 37.2 Å². The lowest BCUT2D eigenvalue weighted by Gasteiger charge is -2.10. The summed E-state index contributed by atoms with van der Waals surface area (Å²) < 4.78 is 10.8. The number of ether oxygens (including phenoxy) is 2. The van der Waals surface area contributed by atoms with Crippen LogP contribution in [0.3, 0.4) is 0 Å². The average molecular weight is 356 g/mol. The minimum atomic E-state index is 0. The van der Waals surface area contributed by atoms with Crippen molar-refractivity contribution in [3.8, 4) is 5.75 Å². The second kappa shape index (κ2) is 11.3. The maximum Gasteiger partial charge on any atom is 0.138 e. The third-order valence-electron chi connectivity index (χ3n) is 3.26. The van der Waals surface area contributed by atoms with Crippen LogP contribution in [0.5, 0.6) is 5.75 Å². The smallest absolute Gasteiger partial charge is 0.138 e. The molecule has 0 unspecified atom stereocenters. The van der Waals surface area contributed by atoms with E-state index in [1.807, 2.05) is 48.5 Å². The van der Waals surface area contributed by atoms with Crippen molar-refractivity contribution in [1.29, 1.82) is 0 Å². The van der Waals surface area contributed by atoms with Gasteiger partial charge in [-0.15, -0.1) is 12.4 Å². The molecule has 0 aliphatic carbocycles. The summed E-state index contributed by atoms with van der Waals surface area (Å²) in [4.78, 5) is 0. The standard InChI is InChI=1S/C18H22ClNO2.ClH/c1-21-11-5-10-20-13-16-8-9-18(17(19)12-16)22-14-15-6-3-2-4-7-15;/h2-4,6-9,12,20H,5,10-11,13-14H2,1H3;1H. The molecule has 23 heavy (non-hydrogen) atoms. The molecule has 2 aromatic rings. The van der Waals surface area contributed by atoms with E-state index in [2.05, 4.69) is 5.32 Å². The van der Waals surface area contributed by atoms with E-state index in [-0.39, 0.29) is 12.4 Å². The van der Waals surface area contributed by atoms with Gasteiger partial charge in [0, 0.05) is 20.3 Å². The number of hydrogen-bond donors (Lipinski definition) is 1. The topological polar surface area (TPSA) is 30.5 Å². The molecule has 3 nitrogen and oxygen atoms in total. The molecule has 0 aromatic heterocycles. The zero-order valence-electron chi connectivity index (χ0n) is 13.3. The highest BCUT2D eigenvalue weighted by molar-refractivity contribution is 6.32. The number of nitrogens with one attached hydrogen (secondary N) is 1. The average Bonchev–Trinajstić information content (AvgIpc) is 2.55. The Kier molecular flexibility index (Phi) is 9.72. The molecule has 2 rings (SSSR count). The van der Waals surface area contributed by atoms with Crippen LogP contribution in [0.25, 0.3) is 0 Å². The number of halogens is 2. The first-order valence-corrected chi connectivity index (χ1v) is 7.82. The van der Waals surface area contributed by atoms with E-state index >= 15 is 0 Å². The highest BCUT2D eigenvalue weighted by Gasteiger charge is 2.04. The van der Waals surface area contributed by atoms with Crippen molar-refractivity contribution in [3.05, 3.63) is 64.7 Å². The highest BCUT2D eigenvalue weighted by atomic mass is 35.5. The van der Waals surface area contributed by atoms with Gasteiger partial charge in [0.2, 0.25) is 0 Å². The molecule has 0 aliphatic heterocycles. The summed E-state index contributed by atoms with van der Waals surface area (Å²) in [6, 6.07) is 16.0. The fraction of sp³-hybridized carbons (Fsp3) is 0.333. The van der Waals surface area contributed by atoms with Gasteiger partial charge in [0.05, 0.1) is 5.02 Å². The van der Waals surface area contributed by atoms with Crippen molar-refractivity contribution in [1.82, 2.24) is 5.32 Å². The van der Waals surface area contributed by atoms with Crippen molar-refractivity contribution in [2.45, 2.75) is 19.6 Å². The first-order chi connectivity index (χ1) is 10.8. The van der Waals surface area contributed by atoms with Crippen molar-refractivity contribution in [3.63, 3.8) is 0 Å². The van der Waals surface area contributed by atoms with Gasteiger partial charge in [0.1, 0.15) is 12.4 Å². The Morgan fingerprint density at radius 3 is 2.52 bits per heavy atom. The lowest BCUT2D eigenvalue weighted by Crippen LogP contribution is -2.16. The van der Waals surface area contributed by atoms with Gasteiger partial charge in [-0.1, -0.05) is 48.0 Å². The summed E-state index contributed by atoms with van der Waals surface area (Å²) >= 11 is 6.29. The third kappa shape index (κ3) is 7.23. The maximum absolute atomic E-state index is 6.29. The van der Waals surface area contributed by atoms with Gasteiger partial charge < -0.3 is 14.8 Å². The van der Waals surface area contributed by atoms with Crippen molar-refractivity contribution in [2.75, 3.05) is 20.3 Å². The summed E-state index contributed by atoms with van der Waals surface area (Å²) in [6.45, 7) is 3.02. The SMILES string of the molecule is COCCCNCc1ccc(OCc2ccccc2)c(Cl)c1.Cl. The van der Waals surface area contributed by atoms with E-state index in [1.165, 1.54) is 0 Å². The molecule has 0 spiro atoms. The Morgan fingerprint density at radius 2 is 1.83 bits per heavy atom. The summed E-state index contributed by atoms with van der Waals surface area (Å²) in [5, 5.41) is 4.01. The summed E-state index contributed by atoms with van der Waals surface area (Å²) in [5.41, 5.74) is 2.27. The Balaban J connectivity index is 0.00000264. The van der Waals surface area contributed by atoms with Gasteiger partial charge in [-0.2, -0.15) is 0 Å². The first kappa shape index (κ1) is 19.8. The van der Waals surface area contributed by atoms with Crippen LogP contribution >= 0.6 is 24.0 Å². The molecule has 0 radical (unpaired) electrons. The molecule has 0 saturated heterocycles. The van der Waals surface area contributed by atoms with Gasteiger partial charge in [-0.3, -0.25) is 0 Å². The molecule has 1 N–H and O–H groups in total. The number of hydrogen-bond acceptors (Lipinski definition) is 3. The van der Waals surface area contributed by atoms with E-state index in [9.17, 15) is 0 Å². The van der Waals surface area contributed by atoms with Crippen LogP contribution in [-0.4, -0.2) is 20.3 Å². The summed E-state index contributed by atoms with van der Waals surface area (Å²) in [6.07, 6.45) is 1.00. The molecule has 2 aromatic carbocycles. The van der Waals surface area contributed by atoms with Crippen LogP contribution in [0.1, 0.15) is 17.5 Å². The van der Waals surface area contributed by atoms with Crippen LogP contribution in [-0.2, 0) is 17.9 Å². The fourth-order valence-electron chi connectivity index (χ4n) is 2.08. The van der Waals surface area contributed by atoms with Crippen molar-refractivity contribution < 1.29 is 9.47 Å². The van der Waals surface area contributed by atoms with Crippen LogP contribution < -0.4 is 10.1 Å². The Labute approximate surface area is 149 Å². The molecule has 0 bridgehead atoms. The van der Waals surface area contributed by atoms with Gasteiger partial charge in [0.15, 0.2) is 0 Å². The monoisotopic (exact) mass is 355 g/mol. The van der Waals surface area contributed by atoms with Crippen molar-refractivity contribution >= 4 is 24.0 Å². The first-order valence-electron chi connectivity index (χ1n) is 7.44. The minimum Gasteiger partial charge on any atom is -0.487 e. The largest absolute Gasteiger partial charge is 0.487 e. The molecule has 0 heterocycles. The van der Waals surface area contributed by atoms with E-state index < -0.39 is 0 Å². The van der Waals surface area contributed by atoms with Gasteiger partial charge in [0.25, 0.3) is 0 Å². The zero-order chi connectivity index (χ0) is 15.6. The Bertz CT molecular complexity index is 564.